The zero-order valence-corrected chi connectivity index (χ0v) is 12.4. The van der Waals surface area contributed by atoms with E-state index in [-0.39, 0.29) is 5.82 Å². The molecule has 1 N–H and O–H groups in total. The highest BCUT2D eigenvalue weighted by atomic mass is 19.1. The van der Waals surface area contributed by atoms with Crippen LogP contribution in [-0.2, 0) is 13.0 Å². The quantitative estimate of drug-likeness (QED) is 0.742. The summed E-state index contributed by atoms with van der Waals surface area (Å²) in [5.41, 5.74) is 2.19. The lowest BCUT2D eigenvalue weighted by atomic mass is 10.1. The first kappa shape index (κ1) is 15.5. The Balaban J connectivity index is 1.78. The summed E-state index contributed by atoms with van der Waals surface area (Å²) in [5, 5.41) is 3.03. The maximum absolute atomic E-state index is 13.8. The van der Waals surface area contributed by atoms with Crippen LogP contribution in [0.1, 0.15) is 24.0 Å². The fourth-order valence-electron chi connectivity index (χ4n) is 2.29. The minimum Gasteiger partial charge on any atom is -0.490 e. The summed E-state index contributed by atoms with van der Waals surface area (Å²) in [4.78, 5) is 0. The van der Waals surface area contributed by atoms with Crippen LogP contribution in [0.25, 0.3) is 0 Å². The fourth-order valence-corrected chi connectivity index (χ4v) is 2.29. The van der Waals surface area contributed by atoms with Crippen molar-refractivity contribution < 1.29 is 9.13 Å². The van der Waals surface area contributed by atoms with E-state index < -0.39 is 0 Å². The molecule has 0 aliphatic heterocycles. The first-order chi connectivity index (χ1) is 10.3. The standard InChI is InChI=1S/C18H22FNO/c1-20-14-16-11-7-12-17(19)18(16)21-13-6-5-10-15-8-3-2-4-9-15/h2-4,7-9,11-12,20H,5-6,10,13-14H2,1H3. The van der Waals surface area contributed by atoms with Gasteiger partial charge in [0, 0.05) is 12.1 Å². The molecule has 0 aromatic heterocycles. The molecule has 0 amide bonds. The van der Waals surface area contributed by atoms with Crippen LogP contribution >= 0.6 is 0 Å². The molecular weight excluding hydrogens is 265 g/mol. The number of rotatable bonds is 8. The smallest absolute Gasteiger partial charge is 0.165 e. The van der Waals surface area contributed by atoms with Crippen LogP contribution in [0.4, 0.5) is 4.39 Å². The molecule has 0 aliphatic rings. The van der Waals surface area contributed by atoms with Crippen molar-refractivity contribution in [3.8, 4) is 5.75 Å². The first-order valence-electron chi connectivity index (χ1n) is 7.40. The molecule has 3 heteroatoms. The van der Waals surface area contributed by atoms with Crippen LogP contribution in [-0.4, -0.2) is 13.7 Å². The van der Waals surface area contributed by atoms with E-state index in [9.17, 15) is 4.39 Å². The van der Waals surface area contributed by atoms with Gasteiger partial charge in [0.05, 0.1) is 6.61 Å². The Bertz CT molecular complexity index is 542. The van der Waals surface area contributed by atoms with E-state index in [0.29, 0.717) is 18.9 Å². The van der Waals surface area contributed by atoms with Gasteiger partial charge >= 0.3 is 0 Å². The Labute approximate surface area is 126 Å². The van der Waals surface area contributed by atoms with E-state index >= 15 is 0 Å². The second-order valence-electron chi connectivity index (χ2n) is 5.05. The van der Waals surface area contributed by atoms with Crippen LogP contribution < -0.4 is 10.1 Å². The van der Waals surface area contributed by atoms with E-state index in [2.05, 4.69) is 29.6 Å². The van der Waals surface area contributed by atoms with Gasteiger partial charge in [-0.25, -0.2) is 4.39 Å². The van der Waals surface area contributed by atoms with Crippen LogP contribution in [0.2, 0.25) is 0 Å². The number of ether oxygens (including phenoxy) is 1. The molecule has 0 heterocycles. The number of benzene rings is 2. The highest BCUT2D eigenvalue weighted by Gasteiger charge is 2.08. The number of hydrogen-bond acceptors (Lipinski definition) is 2. The second-order valence-corrected chi connectivity index (χ2v) is 5.05. The van der Waals surface area contributed by atoms with Crippen molar-refractivity contribution in [2.24, 2.45) is 0 Å². The molecule has 0 radical (unpaired) electrons. The SMILES string of the molecule is CNCc1cccc(F)c1OCCCCc1ccccc1. The van der Waals surface area contributed by atoms with E-state index in [1.165, 1.54) is 11.6 Å². The molecule has 0 atom stereocenters. The van der Waals surface area contributed by atoms with Gasteiger partial charge in [-0.15, -0.1) is 0 Å². The summed E-state index contributed by atoms with van der Waals surface area (Å²) < 4.78 is 19.4. The van der Waals surface area contributed by atoms with Crippen LogP contribution in [0.5, 0.6) is 5.75 Å². The van der Waals surface area contributed by atoms with E-state index in [1.807, 2.05) is 19.2 Å². The van der Waals surface area contributed by atoms with Gasteiger partial charge in [0.2, 0.25) is 0 Å². The van der Waals surface area contributed by atoms with Gasteiger partial charge in [-0.1, -0.05) is 42.5 Å². The molecule has 112 valence electrons. The summed E-state index contributed by atoms with van der Waals surface area (Å²) in [6.07, 6.45) is 2.99. The number of halogens is 1. The number of unbranched alkanes of at least 4 members (excludes halogenated alkanes) is 1. The summed E-state index contributed by atoms with van der Waals surface area (Å²) in [7, 11) is 1.84. The second kappa shape index (κ2) is 8.42. The fraction of sp³-hybridized carbons (Fsp3) is 0.333. The highest BCUT2D eigenvalue weighted by Crippen LogP contribution is 2.22. The van der Waals surface area contributed by atoms with Gasteiger partial charge in [-0.2, -0.15) is 0 Å². The molecule has 0 bridgehead atoms. The monoisotopic (exact) mass is 287 g/mol. The summed E-state index contributed by atoms with van der Waals surface area (Å²) >= 11 is 0. The van der Waals surface area contributed by atoms with Gasteiger partial charge in [0.1, 0.15) is 0 Å². The third-order valence-electron chi connectivity index (χ3n) is 3.36. The van der Waals surface area contributed by atoms with Gasteiger partial charge in [-0.3, -0.25) is 0 Å². The molecule has 0 saturated carbocycles. The number of aryl methyl sites for hydroxylation is 1. The van der Waals surface area contributed by atoms with Crippen LogP contribution in [0.3, 0.4) is 0 Å². The number of para-hydroxylation sites is 1. The van der Waals surface area contributed by atoms with Crippen molar-refractivity contribution in [2.45, 2.75) is 25.8 Å². The number of nitrogens with one attached hydrogen (secondary N) is 1. The number of hydrogen-bond donors (Lipinski definition) is 1. The van der Waals surface area contributed by atoms with Gasteiger partial charge in [0.15, 0.2) is 11.6 Å². The largest absolute Gasteiger partial charge is 0.490 e. The van der Waals surface area contributed by atoms with Crippen molar-refractivity contribution in [2.75, 3.05) is 13.7 Å². The Morgan fingerprint density at radius 3 is 2.57 bits per heavy atom. The Kier molecular flexibility index (Phi) is 6.22. The maximum Gasteiger partial charge on any atom is 0.165 e. The summed E-state index contributed by atoms with van der Waals surface area (Å²) in [6.45, 7) is 1.15. The minimum atomic E-state index is -0.286. The molecule has 0 saturated heterocycles. The Morgan fingerprint density at radius 1 is 1.00 bits per heavy atom. The van der Waals surface area contributed by atoms with Crippen molar-refractivity contribution in [3.05, 3.63) is 65.5 Å². The van der Waals surface area contributed by atoms with Gasteiger partial charge in [-0.05, 0) is 37.9 Å². The van der Waals surface area contributed by atoms with E-state index in [1.54, 1.807) is 6.07 Å². The molecule has 2 nitrogen and oxygen atoms in total. The van der Waals surface area contributed by atoms with E-state index in [0.717, 1.165) is 24.8 Å². The Morgan fingerprint density at radius 2 is 1.81 bits per heavy atom. The average molecular weight is 287 g/mol. The minimum absolute atomic E-state index is 0.286. The zero-order chi connectivity index (χ0) is 14.9. The molecular formula is C18H22FNO. The lowest BCUT2D eigenvalue weighted by Crippen LogP contribution is -2.09. The lowest BCUT2D eigenvalue weighted by Gasteiger charge is -2.12. The van der Waals surface area contributed by atoms with Crippen molar-refractivity contribution in [3.63, 3.8) is 0 Å². The van der Waals surface area contributed by atoms with Crippen molar-refractivity contribution in [1.29, 1.82) is 0 Å². The molecule has 0 spiro atoms. The van der Waals surface area contributed by atoms with Crippen LogP contribution in [0, 0.1) is 5.82 Å². The van der Waals surface area contributed by atoms with Gasteiger partial charge < -0.3 is 10.1 Å². The van der Waals surface area contributed by atoms with Crippen molar-refractivity contribution in [1.82, 2.24) is 5.32 Å². The Hall–Kier alpha value is -1.87. The summed E-state index contributed by atoms with van der Waals surface area (Å²) in [6, 6.07) is 15.4. The topological polar surface area (TPSA) is 21.3 Å². The molecule has 0 aliphatic carbocycles. The summed E-state index contributed by atoms with van der Waals surface area (Å²) in [5.74, 6) is 0.0948. The van der Waals surface area contributed by atoms with Crippen LogP contribution in [0.15, 0.2) is 48.5 Å². The first-order valence-corrected chi connectivity index (χ1v) is 7.40. The molecule has 2 aromatic carbocycles. The van der Waals surface area contributed by atoms with Crippen molar-refractivity contribution >= 4 is 0 Å². The molecule has 2 rings (SSSR count). The molecule has 0 fully saturated rings. The predicted molar refractivity (Wildman–Crippen MR) is 84.0 cm³/mol. The average Bonchev–Trinajstić information content (AvgIpc) is 2.51. The van der Waals surface area contributed by atoms with Gasteiger partial charge in [0.25, 0.3) is 0 Å². The highest BCUT2D eigenvalue weighted by molar-refractivity contribution is 5.34. The molecule has 0 unspecified atom stereocenters. The maximum atomic E-state index is 13.8. The molecule has 2 aromatic rings. The normalized spacial score (nSPS) is 10.6. The van der Waals surface area contributed by atoms with E-state index in [4.69, 9.17) is 4.74 Å². The zero-order valence-electron chi connectivity index (χ0n) is 12.4. The molecule has 21 heavy (non-hydrogen) atoms. The third kappa shape index (κ3) is 4.87. The lowest BCUT2D eigenvalue weighted by molar-refractivity contribution is 0.288. The predicted octanol–water partition coefficient (Wildman–Crippen LogP) is 3.95. The third-order valence-corrected chi connectivity index (χ3v) is 3.36.